The minimum absolute atomic E-state index is 0.377. The average Bonchev–Trinajstić information content (AvgIpc) is 3.75. The van der Waals surface area contributed by atoms with E-state index in [1.54, 1.807) is 12.1 Å². The SMILES string of the molecule is Fc1ccc(-c2ccc3c(c2)N2c4cc(-c5ccc(F)cn5)ccc4C4(c5ccccc5-c5ccccc54)c4cccc(c42)C32c3ccccc3-c3ccccc32)nc1. The Kier molecular flexibility index (Phi) is 6.38. The fourth-order valence-corrected chi connectivity index (χ4v) is 11.2. The molecule has 4 heterocycles. The highest BCUT2D eigenvalue weighted by atomic mass is 19.1. The first kappa shape index (κ1) is 32.6. The third-order valence-electron chi connectivity index (χ3n) is 13.3. The fraction of sp³-hybridized carbons (Fsp3) is 0.0370. The predicted octanol–water partition coefficient (Wildman–Crippen LogP) is 12.9. The molecule has 59 heavy (non-hydrogen) atoms. The number of hydrogen-bond acceptors (Lipinski definition) is 3. The van der Waals surface area contributed by atoms with Crippen molar-refractivity contribution in [3.8, 4) is 44.8 Å². The van der Waals surface area contributed by atoms with E-state index in [-0.39, 0.29) is 11.6 Å². The Morgan fingerprint density at radius 2 is 0.729 bits per heavy atom. The van der Waals surface area contributed by atoms with Crippen LogP contribution >= 0.6 is 0 Å². The summed E-state index contributed by atoms with van der Waals surface area (Å²) >= 11 is 0. The van der Waals surface area contributed by atoms with Crippen molar-refractivity contribution in [2.45, 2.75) is 10.8 Å². The van der Waals surface area contributed by atoms with E-state index < -0.39 is 10.8 Å². The van der Waals surface area contributed by atoms with E-state index in [4.69, 9.17) is 0 Å². The molecule has 2 aliphatic carbocycles. The molecule has 7 aromatic carbocycles. The lowest BCUT2D eigenvalue weighted by Gasteiger charge is -2.52. The third kappa shape index (κ3) is 3.99. The van der Waals surface area contributed by atoms with Crippen LogP contribution in [0.15, 0.2) is 188 Å². The zero-order valence-electron chi connectivity index (χ0n) is 31.5. The second-order valence-electron chi connectivity index (χ2n) is 15.9. The first-order chi connectivity index (χ1) is 29.1. The van der Waals surface area contributed by atoms with Crippen molar-refractivity contribution in [3.05, 3.63) is 244 Å². The number of fused-ring (bicyclic) bond motifs is 18. The average molecular weight is 760 g/mol. The Hall–Kier alpha value is -7.50. The van der Waals surface area contributed by atoms with Gasteiger partial charge in [-0.3, -0.25) is 9.97 Å². The van der Waals surface area contributed by atoms with Crippen molar-refractivity contribution in [1.82, 2.24) is 9.97 Å². The van der Waals surface area contributed by atoms with Gasteiger partial charge < -0.3 is 4.90 Å². The quantitative estimate of drug-likeness (QED) is 0.176. The molecule has 2 aliphatic heterocycles. The largest absolute Gasteiger partial charge is 0.309 e. The molecule has 0 unspecified atom stereocenters. The van der Waals surface area contributed by atoms with E-state index in [0.29, 0.717) is 11.4 Å². The Labute approximate surface area is 339 Å². The lowest BCUT2D eigenvalue weighted by molar-refractivity contribution is 0.621. The number of hydrogen-bond donors (Lipinski definition) is 0. The van der Waals surface area contributed by atoms with Gasteiger partial charge in [0.05, 0.1) is 51.7 Å². The summed E-state index contributed by atoms with van der Waals surface area (Å²) < 4.78 is 28.6. The van der Waals surface area contributed by atoms with E-state index in [1.807, 2.05) is 0 Å². The van der Waals surface area contributed by atoms with Gasteiger partial charge >= 0.3 is 0 Å². The van der Waals surface area contributed by atoms with Gasteiger partial charge in [-0.05, 0) is 103 Å². The van der Waals surface area contributed by atoms with Gasteiger partial charge in [0, 0.05) is 11.1 Å². The van der Waals surface area contributed by atoms with Gasteiger partial charge in [0.1, 0.15) is 11.6 Å². The Morgan fingerprint density at radius 3 is 1.10 bits per heavy atom. The topological polar surface area (TPSA) is 29.0 Å². The van der Waals surface area contributed by atoms with Crippen molar-refractivity contribution in [2.75, 3.05) is 4.90 Å². The van der Waals surface area contributed by atoms with Crippen LogP contribution in [0.5, 0.6) is 0 Å². The number of anilines is 3. The molecule has 0 N–H and O–H groups in total. The summed E-state index contributed by atoms with van der Waals surface area (Å²) in [6.45, 7) is 0. The van der Waals surface area contributed by atoms with E-state index in [9.17, 15) is 8.78 Å². The van der Waals surface area contributed by atoms with Gasteiger partial charge in [0.2, 0.25) is 0 Å². The normalized spacial score (nSPS) is 14.8. The highest BCUT2D eigenvalue weighted by molar-refractivity contribution is 6.03. The van der Waals surface area contributed by atoms with Crippen LogP contribution in [0.1, 0.15) is 44.5 Å². The highest BCUT2D eigenvalue weighted by Crippen LogP contribution is 2.70. The van der Waals surface area contributed by atoms with Crippen molar-refractivity contribution >= 4 is 17.1 Å². The molecule has 276 valence electrons. The maximum Gasteiger partial charge on any atom is 0.141 e. The molecule has 0 bridgehead atoms. The predicted molar refractivity (Wildman–Crippen MR) is 229 cm³/mol. The van der Waals surface area contributed by atoms with Gasteiger partial charge in [-0.15, -0.1) is 0 Å². The van der Waals surface area contributed by atoms with Crippen LogP contribution in [0.25, 0.3) is 44.8 Å². The van der Waals surface area contributed by atoms with E-state index >= 15 is 0 Å². The van der Waals surface area contributed by atoms with Crippen molar-refractivity contribution < 1.29 is 8.78 Å². The molecule has 13 rings (SSSR count). The van der Waals surface area contributed by atoms with Crippen molar-refractivity contribution in [2.24, 2.45) is 0 Å². The number of aromatic nitrogens is 2. The molecule has 0 atom stereocenters. The van der Waals surface area contributed by atoms with Gasteiger partial charge in [-0.25, -0.2) is 8.78 Å². The first-order valence-electron chi connectivity index (χ1n) is 19.9. The van der Waals surface area contributed by atoms with Crippen LogP contribution in [0.3, 0.4) is 0 Å². The van der Waals surface area contributed by atoms with Gasteiger partial charge in [0.15, 0.2) is 0 Å². The number of nitrogens with zero attached hydrogens (tertiary/aromatic N) is 3. The molecule has 0 amide bonds. The van der Waals surface area contributed by atoms with Crippen LogP contribution in [0, 0.1) is 11.6 Å². The summed E-state index contributed by atoms with van der Waals surface area (Å²) in [6, 6.07) is 62.0. The summed E-state index contributed by atoms with van der Waals surface area (Å²) in [4.78, 5) is 11.6. The summed E-state index contributed by atoms with van der Waals surface area (Å²) in [6.07, 6.45) is 2.56. The standard InChI is InChI=1S/C54H31F2N3/c55-34-22-26-48(57-30-34)32-20-24-44-50(28-32)59-51-29-33(49-27-23-35(56)31-58-49)21-25-45(51)54(42-16-7-3-12-38(42)39-13-4-8-17-43(39)54)47-19-9-18-46(52(47)59)53(44)40-14-5-1-10-36(40)37-11-2-6-15-41(37)53/h1-31H. The maximum atomic E-state index is 14.3. The van der Waals surface area contributed by atoms with Crippen LogP contribution in [0.4, 0.5) is 25.8 Å². The number of para-hydroxylation sites is 1. The molecule has 2 aromatic heterocycles. The maximum absolute atomic E-state index is 14.3. The Balaban J connectivity index is 1.23. The monoisotopic (exact) mass is 759 g/mol. The highest BCUT2D eigenvalue weighted by Gasteiger charge is 2.58. The Bertz CT molecular complexity index is 2950. The molecule has 9 aromatic rings. The van der Waals surface area contributed by atoms with Crippen molar-refractivity contribution in [3.63, 3.8) is 0 Å². The molecular formula is C54H31F2N3. The lowest BCUT2D eigenvalue weighted by Crippen LogP contribution is -2.42. The van der Waals surface area contributed by atoms with Crippen LogP contribution < -0.4 is 4.90 Å². The van der Waals surface area contributed by atoms with E-state index in [2.05, 4.69) is 167 Å². The van der Waals surface area contributed by atoms with Crippen LogP contribution in [-0.4, -0.2) is 9.97 Å². The summed E-state index contributed by atoms with van der Waals surface area (Å²) in [5.74, 6) is -0.754. The second-order valence-corrected chi connectivity index (χ2v) is 15.9. The summed E-state index contributed by atoms with van der Waals surface area (Å²) in [5.41, 5.74) is 19.4. The lowest BCUT2D eigenvalue weighted by atomic mass is 9.59. The fourth-order valence-electron chi connectivity index (χ4n) is 11.2. The molecule has 4 aliphatic rings. The molecule has 0 saturated heterocycles. The molecule has 2 spiro atoms. The van der Waals surface area contributed by atoms with E-state index in [1.165, 1.54) is 80.2 Å². The minimum Gasteiger partial charge on any atom is -0.309 e. The molecule has 0 radical (unpaired) electrons. The number of rotatable bonds is 2. The molecule has 0 fully saturated rings. The smallest absolute Gasteiger partial charge is 0.141 e. The first-order valence-corrected chi connectivity index (χ1v) is 19.9. The molecule has 5 heteroatoms. The molecular weight excluding hydrogens is 729 g/mol. The van der Waals surface area contributed by atoms with Gasteiger partial charge in [-0.2, -0.15) is 0 Å². The van der Waals surface area contributed by atoms with Gasteiger partial charge in [-0.1, -0.05) is 140 Å². The molecule has 0 saturated carbocycles. The van der Waals surface area contributed by atoms with Gasteiger partial charge in [0.25, 0.3) is 0 Å². The number of halogens is 2. The zero-order chi connectivity index (χ0) is 39.0. The van der Waals surface area contributed by atoms with Crippen LogP contribution in [-0.2, 0) is 10.8 Å². The molecule has 3 nitrogen and oxygen atoms in total. The zero-order valence-corrected chi connectivity index (χ0v) is 31.5. The number of benzene rings is 7. The Morgan fingerprint density at radius 1 is 0.356 bits per heavy atom. The van der Waals surface area contributed by atoms with Crippen molar-refractivity contribution in [1.29, 1.82) is 0 Å². The summed E-state index contributed by atoms with van der Waals surface area (Å²) in [7, 11) is 0. The van der Waals surface area contributed by atoms with E-state index in [0.717, 1.165) is 39.3 Å². The summed E-state index contributed by atoms with van der Waals surface area (Å²) in [5, 5.41) is 0. The number of pyridine rings is 2. The minimum atomic E-state index is -0.675. The third-order valence-corrected chi connectivity index (χ3v) is 13.3. The van der Waals surface area contributed by atoms with Crippen LogP contribution in [0.2, 0.25) is 0 Å². The second kappa shape index (κ2) is 11.6.